The van der Waals surface area contributed by atoms with Crippen LogP contribution in [0.3, 0.4) is 0 Å². The molecular weight excluding hydrogens is 256 g/mol. The van der Waals surface area contributed by atoms with Gasteiger partial charge in [0, 0.05) is 18.3 Å². The molecule has 0 aliphatic rings. The number of hydrogen-bond acceptors (Lipinski definition) is 6. The standard InChI is InChI=1S/C9H12N6O2S/c1-6-7(3-10-14(6)2)4-15-9(11-12-13-15)18-5-8(16)17/h3H,4-5H2,1-2H3,(H,16,17). The molecular formula is C9H12N6O2S. The van der Waals surface area contributed by atoms with Gasteiger partial charge in [0.1, 0.15) is 0 Å². The van der Waals surface area contributed by atoms with E-state index in [0.717, 1.165) is 23.0 Å². The number of tetrazole rings is 1. The SMILES string of the molecule is Cc1c(Cn2nnnc2SCC(=O)O)cnn1C. The Kier molecular flexibility index (Phi) is 3.60. The Labute approximate surface area is 107 Å². The van der Waals surface area contributed by atoms with Crippen molar-refractivity contribution in [3.63, 3.8) is 0 Å². The number of carboxylic acid groups (broad SMARTS) is 1. The van der Waals surface area contributed by atoms with Crippen LogP contribution in [0.1, 0.15) is 11.3 Å². The zero-order chi connectivity index (χ0) is 13.1. The fourth-order valence-corrected chi connectivity index (χ4v) is 1.98. The Morgan fingerprint density at radius 3 is 2.94 bits per heavy atom. The molecule has 0 amide bonds. The zero-order valence-electron chi connectivity index (χ0n) is 9.94. The maximum atomic E-state index is 10.5. The first-order valence-electron chi connectivity index (χ1n) is 5.16. The first kappa shape index (κ1) is 12.6. The summed E-state index contributed by atoms with van der Waals surface area (Å²) in [7, 11) is 1.86. The van der Waals surface area contributed by atoms with Crippen LogP contribution in [0.2, 0.25) is 0 Å². The van der Waals surface area contributed by atoms with Crippen molar-refractivity contribution in [3.8, 4) is 0 Å². The van der Waals surface area contributed by atoms with Gasteiger partial charge in [-0.2, -0.15) is 5.10 Å². The molecule has 0 bridgehead atoms. The summed E-state index contributed by atoms with van der Waals surface area (Å²) in [6.45, 7) is 2.44. The van der Waals surface area contributed by atoms with Gasteiger partial charge < -0.3 is 5.11 Å². The predicted molar refractivity (Wildman–Crippen MR) is 63.2 cm³/mol. The molecule has 2 aromatic heterocycles. The van der Waals surface area contributed by atoms with Crippen LogP contribution in [0.15, 0.2) is 11.4 Å². The van der Waals surface area contributed by atoms with E-state index in [4.69, 9.17) is 5.11 Å². The minimum Gasteiger partial charge on any atom is -0.481 e. The summed E-state index contributed by atoms with van der Waals surface area (Å²) >= 11 is 1.09. The molecule has 2 heterocycles. The number of aryl methyl sites for hydroxylation is 1. The van der Waals surface area contributed by atoms with Crippen LogP contribution >= 0.6 is 11.8 Å². The van der Waals surface area contributed by atoms with Crippen molar-refractivity contribution >= 4 is 17.7 Å². The second-order valence-electron chi connectivity index (χ2n) is 3.68. The smallest absolute Gasteiger partial charge is 0.313 e. The molecule has 0 aliphatic carbocycles. The van der Waals surface area contributed by atoms with Gasteiger partial charge in [-0.25, -0.2) is 4.68 Å². The number of carbonyl (C=O) groups is 1. The van der Waals surface area contributed by atoms with Crippen molar-refractivity contribution in [2.24, 2.45) is 7.05 Å². The van der Waals surface area contributed by atoms with Crippen LogP contribution in [-0.4, -0.2) is 46.8 Å². The fourth-order valence-electron chi connectivity index (χ4n) is 1.39. The number of hydrogen-bond donors (Lipinski definition) is 1. The maximum absolute atomic E-state index is 10.5. The number of aromatic nitrogens is 6. The second-order valence-corrected chi connectivity index (χ2v) is 4.62. The summed E-state index contributed by atoms with van der Waals surface area (Å²) in [5, 5.41) is 24.4. The van der Waals surface area contributed by atoms with Crippen LogP contribution in [0.4, 0.5) is 0 Å². The topological polar surface area (TPSA) is 98.7 Å². The maximum Gasteiger partial charge on any atom is 0.313 e. The van der Waals surface area contributed by atoms with E-state index in [9.17, 15) is 4.79 Å². The number of aliphatic carboxylic acids is 1. The lowest BCUT2D eigenvalue weighted by Gasteiger charge is -2.03. The molecule has 0 radical (unpaired) electrons. The lowest BCUT2D eigenvalue weighted by molar-refractivity contribution is -0.133. The van der Waals surface area contributed by atoms with Crippen LogP contribution in [0.25, 0.3) is 0 Å². The normalized spacial score (nSPS) is 10.8. The van der Waals surface area contributed by atoms with E-state index in [2.05, 4.69) is 20.6 Å². The van der Waals surface area contributed by atoms with E-state index in [1.54, 1.807) is 15.6 Å². The molecule has 9 heteroatoms. The summed E-state index contributed by atoms with van der Waals surface area (Å²) in [6, 6.07) is 0. The van der Waals surface area contributed by atoms with E-state index >= 15 is 0 Å². The molecule has 96 valence electrons. The highest BCUT2D eigenvalue weighted by molar-refractivity contribution is 7.99. The van der Waals surface area contributed by atoms with Gasteiger partial charge in [-0.15, -0.1) is 5.10 Å². The summed E-state index contributed by atoms with van der Waals surface area (Å²) in [5.41, 5.74) is 2.03. The third-order valence-electron chi connectivity index (χ3n) is 2.48. The molecule has 0 spiro atoms. The molecule has 2 rings (SSSR count). The molecule has 18 heavy (non-hydrogen) atoms. The second kappa shape index (κ2) is 5.17. The molecule has 0 unspecified atom stereocenters. The first-order chi connectivity index (χ1) is 8.58. The fraction of sp³-hybridized carbons (Fsp3) is 0.444. The van der Waals surface area contributed by atoms with E-state index in [1.165, 1.54) is 0 Å². The summed E-state index contributed by atoms with van der Waals surface area (Å²) < 4.78 is 3.33. The molecule has 0 saturated heterocycles. The van der Waals surface area contributed by atoms with Gasteiger partial charge in [0.05, 0.1) is 18.5 Å². The Bertz CT molecular complexity index is 563. The van der Waals surface area contributed by atoms with E-state index < -0.39 is 5.97 Å². The monoisotopic (exact) mass is 268 g/mol. The van der Waals surface area contributed by atoms with Crippen molar-refractivity contribution in [3.05, 3.63) is 17.5 Å². The van der Waals surface area contributed by atoms with Crippen molar-refractivity contribution in [2.75, 3.05) is 5.75 Å². The van der Waals surface area contributed by atoms with Gasteiger partial charge in [-0.3, -0.25) is 9.48 Å². The van der Waals surface area contributed by atoms with E-state index in [0.29, 0.717) is 11.7 Å². The average molecular weight is 268 g/mol. The quantitative estimate of drug-likeness (QED) is 0.758. The van der Waals surface area contributed by atoms with Gasteiger partial charge in [-0.05, 0) is 17.4 Å². The van der Waals surface area contributed by atoms with Crippen molar-refractivity contribution in [1.29, 1.82) is 0 Å². The van der Waals surface area contributed by atoms with Crippen LogP contribution in [-0.2, 0) is 18.4 Å². The lowest BCUT2D eigenvalue weighted by Crippen LogP contribution is -2.07. The Balaban J connectivity index is 2.12. The number of carboxylic acids is 1. The van der Waals surface area contributed by atoms with Crippen LogP contribution < -0.4 is 0 Å². The highest BCUT2D eigenvalue weighted by Crippen LogP contribution is 2.15. The summed E-state index contributed by atoms with van der Waals surface area (Å²) in [5.74, 6) is -0.959. The van der Waals surface area contributed by atoms with Gasteiger partial charge in [0.15, 0.2) is 0 Å². The number of rotatable bonds is 5. The molecule has 8 nitrogen and oxygen atoms in total. The molecule has 0 atom stereocenters. The Hall–Kier alpha value is -1.90. The van der Waals surface area contributed by atoms with Crippen LogP contribution in [0, 0.1) is 6.92 Å². The van der Waals surface area contributed by atoms with E-state index in [-0.39, 0.29) is 5.75 Å². The molecule has 2 aromatic rings. The number of thioether (sulfide) groups is 1. The molecule has 0 aliphatic heterocycles. The predicted octanol–water partition coefficient (Wildman–Crippen LogP) is -0.0600. The van der Waals surface area contributed by atoms with Crippen LogP contribution in [0.5, 0.6) is 0 Å². The molecule has 0 saturated carbocycles. The van der Waals surface area contributed by atoms with E-state index in [1.807, 2.05) is 14.0 Å². The zero-order valence-corrected chi connectivity index (χ0v) is 10.8. The first-order valence-corrected chi connectivity index (χ1v) is 6.14. The molecule has 1 N–H and O–H groups in total. The third kappa shape index (κ3) is 2.67. The van der Waals surface area contributed by atoms with Gasteiger partial charge in [0.2, 0.25) is 5.16 Å². The Morgan fingerprint density at radius 1 is 1.56 bits per heavy atom. The summed E-state index contributed by atoms with van der Waals surface area (Å²) in [4.78, 5) is 10.5. The van der Waals surface area contributed by atoms with Crippen molar-refractivity contribution in [1.82, 2.24) is 30.0 Å². The van der Waals surface area contributed by atoms with Gasteiger partial charge in [0.25, 0.3) is 0 Å². The highest BCUT2D eigenvalue weighted by Gasteiger charge is 2.12. The summed E-state index contributed by atoms with van der Waals surface area (Å²) in [6.07, 6.45) is 1.75. The van der Waals surface area contributed by atoms with Crippen molar-refractivity contribution < 1.29 is 9.90 Å². The minimum atomic E-state index is -0.896. The Morgan fingerprint density at radius 2 is 2.33 bits per heavy atom. The minimum absolute atomic E-state index is 0.0631. The average Bonchev–Trinajstić information content (AvgIpc) is 2.88. The van der Waals surface area contributed by atoms with Gasteiger partial charge >= 0.3 is 5.97 Å². The molecule has 0 aromatic carbocycles. The number of nitrogens with zero attached hydrogens (tertiary/aromatic N) is 6. The largest absolute Gasteiger partial charge is 0.481 e. The lowest BCUT2D eigenvalue weighted by atomic mass is 10.3. The highest BCUT2D eigenvalue weighted by atomic mass is 32.2. The van der Waals surface area contributed by atoms with Gasteiger partial charge in [-0.1, -0.05) is 11.8 Å². The molecule has 0 fully saturated rings. The van der Waals surface area contributed by atoms with Crippen molar-refractivity contribution in [2.45, 2.75) is 18.6 Å². The third-order valence-corrected chi connectivity index (χ3v) is 3.42.